The van der Waals surface area contributed by atoms with Gasteiger partial charge in [0.1, 0.15) is 6.10 Å². The van der Waals surface area contributed by atoms with Crippen molar-refractivity contribution in [1.29, 1.82) is 0 Å². The molecule has 4 nitrogen and oxygen atoms in total. The van der Waals surface area contributed by atoms with Crippen LogP contribution < -0.4 is 0 Å². The Labute approximate surface area is 103 Å². The lowest BCUT2D eigenvalue weighted by Gasteiger charge is -2.47. The van der Waals surface area contributed by atoms with Crippen LogP contribution in [0.1, 0.15) is 47.5 Å². The standard InChI is InChI=1S/C13H23NO3/c1-9(2)11(15)17-10-7-12(3,4)14(16)13(5,6)8-10/h10,16H,1,7-8H2,2-6H3/p+1. The summed E-state index contributed by atoms with van der Waals surface area (Å²) in [4.78, 5) is 11.5. The van der Waals surface area contributed by atoms with Crippen molar-refractivity contribution in [2.45, 2.75) is 64.6 Å². The third kappa shape index (κ3) is 3.07. The van der Waals surface area contributed by atoms with E-state index in [0.29, 0.717) is 18.4 Å². The van der Waals surface area contributed by atoms with Crippen molar-refractivity contribution in [3.63, 3.8) is 0 Å². The Morgan fingerprint density at radius 1 is 1.29 bits per heavy atom. The Balaban J connectivity index is 2.78. The van der Waals surface area contributed by atoms with Crippen LogP contribution in [0.3, 0.4) is 0 Å². The Kier molecular flexibility index (Phi) is 3.69. The van der Waals surface area contributed by atoms with Gasteiger partial charge in [-0.2, -0.15) is 0 Å². The largest absolute Gasteiger partial charge is 0.459 e. The van der Waals surface area contributed by atoms with Gasteiger partial charge in [-0.3, -0.25) is 0 Å². The SMILES string of the molecule is C=C(C)C(=O)OC1CC(C)(C)N([OH2+])C(C)(C)C1. The molecule has 0 aliphatic carbocycles. The molecular weight excluding hydrogens is 218 g/mol. The average Bonchev–Trinajstić information content (AvgIpc) is 2.12. The molecule has 0 aromatic rings. The number of hydrogen-bond acceptors (Lipinski definition) is 3. The zero-order valence-corrected chi connectivity index (χ0v) is 11.5. The van der Waals surface area contributed by atoms with Crippen LogP contribution in [0.25, 0.3) is 0 Å². The molecule has 0 spiro atoms. The monoisotopic (exact) mass is 242 g/mol. The summed E-state index contributed by atoms with van der Waals surface area (Å²) in [7, 11) is 0. The summed E-state index contributed by atoms with van der Waals surface area (Å²) in [5, 5.41) is 9.73. The van der Waals surface area contributed by atoms with E-state index in [1.165, 1.54) is 0 Å². The minimum Gasteiger partial charge on any atom is -0.459 e. The summed E-state index contributed by atoms with van der Waals surface area (Å²) in [6.07, 6.45) is 1.23. The molecule has 0 aromatic carbocycles. The van der Waals surface area contributed by atoms with Crippen LogP contribution in [0.5, 0.6) is 0 Å². The molecule has 17 heavy (non-hydrogen) atoms. The first-order chi connectivity index (χ1) is 7.56. The summed E-state index contributed by atoms with van der Waals surface area (Å²) in [5.41, 5.74) is -0.155. The molecule has 0 saturated carbocycles. The lowest BCUT2D eigenvalue weighted by atomic mass is 9.80. The van der Waals surface area contributed by atoms with E-state index in [1.807, 2.05) is 27.7 Å². The molecule has 2 N–H and O–H groups in total. The molecule has 0 amide bonds. The Bertz CT molecular complexity index is 316. The van der Waals surface area contributed by atoms with Crippen LogP contribution in [0, 0.1) is 0 Å². The quantitative estimate of drug-likeness (QED) is 0.421. The molecule has 1 aliphatic heterocycles. The van der Waals surface area contributed by atoms with Gasteiger partial charge in [0.05, 0.1) is 11.1 Å². The number of hydrogen-bond donors (Lipinski definition) is 0. The second-order valence-corrected chi connectivity index (χ2v) is 6.18. The van der Waals surface area contributed by atoms with Crippen molar-refractivity contribution in [2.24, 2.45) is 0 Å². The lowest BCUT2D eigenvalue weighted by Crippen LogP contribution is -2.60. The fourth-order valence-corrected chi connectivity index (χ4v) is 2.52. The van der Waals surface area contributed by atoms with Gasteiger partial charge in [0.2, 0.25) is 0 Å². The molecule has 0 radical (unpaired) electrons. The number of esters is 1. The number of hydroxylamine groups is 2. The van der Waals surface area contributed by atoms with E-state index in [9.17, 15) is 4.79 Å². The minimum atomic E-state index is -0.333. The van der Waals surface area contributed by atoms with Crippen LogP contribution >= 0.6 is 0 Å². The van der Waals surface area contributed by atoms with Crippen molar-refractivity contribution in [3.05, 3.63) is 12.2 Å². The fourth-order valence-electron chi connectivity index (χ4n) is 2.52. The van der Waals surface area contributed by atoms with Crippen molar-refractivity contribution in [1.82, 2.24) is 5.06 Å². The second-order valence-electron chi connectivity index (χ2n) is 6.18. The van der Waals surface area contributed by atoms with Gasteiger partial charge in [0.15, 0.2) is 0 Å². The lowest BCUT2D eigenvalue weighted by molar-refractivity contribution is -0.259. The summed E-state index contributed by atoms with van der Waals surface area (Å²) in [6, 6.07) is 0. The van der Waals surface area contributed by atoms with Crippen LogP contribution in [0.15, 0.2) is 12.2 Å². The van der Waals surface area contributed by atoms with Crippen molar-refractivity contribution in [3.8, 4) is 0 Å². The van der Waals surface area contributed by atoms with Crippen molar-refractivity contribution < 1.29 is 14.7 Å². The smallest absolute Gasteiger partial charge is 0.333 e. The predicted molar refractivity (Wildman–Crippen MR) is 67.5 cm³/mol. The van der Waals surface area contributed by atoms with Crippen LogP contribution in [-0.2, 0) is 9.53 Å². The Morgan fingerprint density at radius 2 is 1.71 bits per heavy atom. The number of ether oxygens (including phenoxy) is 1. The molecule has 98 valence electrons. The molecule has 1 saturated heterocycles. The first-order valence-electron chi connectivity index (χ1n) is 5.94. The first-order valence-corrected chi connectivity index (χ1v) is 5.94. The van der Waals surface area contributed by atoms with E-state index in [2.05, 4.69) is 6.58 Å². The predicted octanol–water partition coefficient (Wildman–Crippen LogP) is 1.77. The maximum atomic E-state index is 11.5. The van der Waals surface area contributed by atoms with E-state index in [0.717, 1.165) is 0 Å². The van der Waals surface area contributed by atoms with Crippen LogP contribution in [0.2, 0.25) is 0 Å². The van der Waals surface area contributed by atoms with Crippen LogP contribution in [0.4, 0.5) is 0 Å². The van der Waals surface area contributed by atoms with E-state index in [-0.39, 0.29) is 23.2 Å². The summed E-state index contributed by atoms with van der Waals surface area (Å²) in [6.45, 7) is 13.2. The Hall–Kier alpha value is -0.870. The first kappa shape index (κ1) is 14.2. The van der Waals surface area contributed by atoms with E-state index >= 15 is 0 Å². The minimum absolute atomic E-state index is 0.134. The molecule has 0 bridgehead atoms. The van der Waals surface area contributed by atoms with E-state index < -0.39 is 0 Å². The molecular formula is C13H24NO3+. The van der Waals surface area contributed by atoms with Gasteiger partial charge in [-0.1, -0.05) is 11.6 Å². The van der Waals surface area contributed by atoms with Gasteiger partial charge in [0, 0.05) is 18.4 Å². The number of piperidine rings is 1. The highest BCUT2D eigenvalue weighted by molar-refractivity contribution is 5.87. The number of carbonyl (C=O) groups excluding carboxylic acids is 1. The van der Waals surface area contributed by atoms with Crippen molar-refractivity contribution in [2.75, 3.05) is 0 Å². The summed E-state index contributed by atoms with van der Waals surface area (Å²) in [5.74, 6) is -0.333. The number of carbonyl (C=O) groups is 1. The van der Waals surface area contributed by atoms with Crippen LogP contribution in [-0.4, -0.2) is 33.4 Å². The highest BCUT2D eigenvalue weighted by Gasteiger charge is 2.49. The molecule has 1 rings (SSSR count). The van der Waals surface area contributed by atoms with Gasteiger partial charge < -0.3 is 9.94 Å². The zero-order chi connectivity index (χ0) is 13.4. The van der Waals surface area contributed by atoms with Gasteiger partial charge in [-0.05, 0) is 34.6 Å². The average molecular weight is 242 g/mol. The summed E-state index contributed by atoms with van der Waals surface area (Å²) >= 11 is 0. The van der Waals surface area contributed by atoms with E-state index in [1.54, 1.807) is 12.0 Å². The Morgan fingerprint density at radius 3 is 2.06 bits per heavy atom. The normalized spacial score (nSPS) is 24.4. The number of rotatable bonds is 2. The summed E-state index contributed by atoms with van der Waals surface area (Å²) < 4.78 is 5.42. The van der Waals surface area contributed by atoms with Gasteiger partial charge in [-0.15, -0.1) is 0 Å². The molecule has 1 fully saturated rings. The highest BCUT2D eigenvalue weighted by atomic mass is 16.5. The third-order valence-electron chi connectivity index (χ3n) is 3.29. The van der Waals surface area contributed by atoms with Gasteiger partial charge >= 0.3 is 5.97 Å². The van der Waals surface area contributed by atoms with Gasteiger partial charge in [-0.25, -0.2) is 4.79 Å². The molecule has 0 atom stereocenters. The van der Waals surface area contributed by atoms with E-state index in [4.69, 9.17) is 9.94 Å². The maximum Gasteiger partial charge on any atom is 0.333 e. The molecule has 4 heteroatoms. The maximum absolute atomic E-state index is 11.5. The second kappa shape index (κ2) is 4.42. The molecule has 1 aliphatic rings. The fraction of sp³-hybridized carbons (Fsp3) is 0.769. The highest BCUT2D eigenvalue weighted by Crippen LogP contribution is 2.38. The third-order valence-corrected chi connectivity index (χ3v) is 3.29. The molecule has 0 unspecified atom stereocenters. The molecule has 1 heterocycles. The number of nitrogens with zero attached hydrogens (tertiary/aromatic N) is 1. The topological polar surface area (TPSA) is 52.4 Å². The zero-order valence-electron chi connectivity index (χ0n) is 11.5. The molecule has 0 aromatic heterocycles. The van der Waals surface area contributed by atoms with Gasteiger partial charge in [0.25, 0.3) is 0 Å². The van der Waals surface area contributed by atoms with Crippen molar-refractivity contribution >= 4 is 5.97 Å².